The Hall–Kier alpha value is -2.72. The number of nitrogens with one attached hydrogen (secondary N) is 3. The number of carboxylic acid groups (broad SMARTS) is 1. The van der Waals surface area contributed by atoms with E-state index in [1.165, 1.54) is 11.8 Å². The van der Waals surface area contributed by atoms with Gasteiger partial charge in [0.05, 0.1) is 6.04 Å². The highest BCUT2D eigenvalue weighted by Crippen LogP contribution is 2.05. The highest BCUT2D eigenvalue weighted by atomic mass is 32.2. The number of carbonyl (C=O) groups excluding carboxylic acids is 4. The van der Waals surface area contributed by atoms with Gasteiger partial charge in [-0.05, 0) is 37.7 Å². The van der Waals surface area contributed by atoms with E-state index in [4.69, 9.17) is 22.9 Å². The summed E-state index contributed by atoms with van der Waals surface area (Å²) < 4.78 is 0. The third-order valence-electron chi connectivity index (χ3n) is 4.66. The summed E-state index contributed by atoms with van der Waals surface area (Å²) in [5, 5.41) is 16.7. The third-order valence-corrected chi connectivity index (χ3v) is 5.67. The summed E-state index contributed by atoms with van der Waals surface area (Å²) in [6.07, 6.45) is 2.28. The largest absolute Gasteiger partial charge is 0.480 e. The number of aliphatic imine (C=N–C) groups is 1. The predicted octanol–water partition coefficient (Wildman–Crippen LogP) is -3.15. The maximum Gasteiger partial charge on any atom is 0.326 e. The van der Waals surface area contributed by atoms with Crippen LogP contribution in [0.3, 0.4) is 0 Å². The van der Waals surface area contributed by atoms with Gasteiger partial charge in [0.2, 0.25) is 23.6 Å². The second kappa shape index (κ2) is 17.7. The smallest absolute Gasteiger partial charge is 0.326 e. The Morgan fingerprint density at radius 2 is 1.49 bits per heavy atom. The highest BCUT2D eigenvalue weighted by Gasteiger charge is 2.29. The SMILES string of the molecule is CSCCC(NC(=O)C(CS)NC(=O)C(CCCN=C(N)N)NC(=O)C(N)CCC(N)=O)C(=O)O. The zero-order valence-electron chi connectivity index (χ0n) is 19.6. The normalized spacial score (nSPS) is 14.0. The molecule has 0 rings (SSSR count). The van der Waals surface area contributed by atoms with Crippen molar-refractivity contribution in [1.29, 1.82) is 0 Å². The first-order chi connectivity index (χ1) is 16.4. The van der Waals surface area contributed by atoms with E-state index in [9.17, 15) is 29.1 Å². The number of hydrogen-bond donors (Lipinski definition) is 9. The summed E-state index contributed by atoms with van der Waals surface area (Å²) in [6, 6.07) is -4.50. The quantitative estimate of drug-likeness (QED) is 0.0368. The second-order valence-electron chi connectivity index (χ2n) is 7.55. The van der Waals surface area contributed by atoms with Crippen LogP contribution in [0, 0.1) is 0 Å². The lowest BCUT2D eigenvalue weighted by Crippen LogP contribution is -2.57. The Bertz CT molecular complexity index is 766. The summed E-state index contributed by atoms with van der Waals surface area (Å²) in [4.78, 5) is 64.1. The van der Waals surface area contributed by atoms with Crippen molar-refractivity contribution in [2.75, 3.05) is 24.3 Å². The number of thiol groups is 1. The first-order valence-electron chi connectivity index (χ1n) is 10.8. The molecule has 4 unspecified atom stereocenters. The van der Waals surface area contributed by atoms with Crippen LogP contribution in [0.5, 0.6) is 0 Å². The van der Waals surface area contributed by atoms with Crippen molar-refractivity contribution in [3.63, 3.8) is 0 Å². The van der Waals surface area contributed by atoms with E-state index in [0.29, 0.717) is 12.2 Å². The van der Waals surface area contributed by atoms with E-state index in [0.717, 1.165) is 0 Å². The van der Waals surface area contributed by atoms with E-state index in [2.05, 4.69) is 33.6 Å². The molecule has 0 heterocycles. The standard InChI is InChI=1S/C19H36N8O6S2/c1-35-8-6-12(18(32)33)26-17(31)13(9-34)27-16(30)11(3-2-7-24-19(22)23)25-15(29)10(20)4-5-14(21)28/h10-13,34H,2-9,20H2,1H3,(H2,21,28)(H,25,29)(H,26,31)(H,27,30)(H,32,33)(H4,22,23,24). The second-order valence-corrected chi connectivity index (χ2v) is 8.90. The van der Waals surface area contributed by atoms with E-state index < -0.39 is 53.8 Å². The maximum atomic E-state index is 12.9. The Kier molecular flexibility index (Phi) is 16.3. The van der Waals surface area contributed by atoms with Gasteiger partial charge in [-0.15, -0.1) is 0 Å². The molecule has 0 aromatic heterocycles. The van der Waals surface area contributed by atoms with Crippen LogP contribution in [0.2, 0.25) is 0 Å². The molecule has 0 bridgehead atoms. The summed E-state index contributed by atoms with van der Waals surface area (Å²) >= 11 is 5.50. The lowest BCUT2D eigenvalue weighted by Gasteiger charge is -2.24. The van der Waals surface area contributed by atoms with Crippen molar-refractivity contribution >= 4 is 59.9 Å². The monoisotopic (exact) mass is 536 g/mol. The summed E-state index contributed by atoms with van der Waals surface area (Å²) in [5.74, 6) is -3.71. The molecule has 0 aromatic rings. The molecule has 0 aromatic carbocycles. The molecule has 4 amide bonds. The number of primary amides is 1. The van der Waals surface area contributed by atoms with Gasteiger partial charge in [0.1, 0.15) is 18.1 Å². The Morgan fingerprint density at radius 3 is 2.00 bits per heavy atom. The van der Waals surface area contributed by atoms with Crippen LogP contribution >= 0.6 is 24.4 Å². The molecule has 16 heteroatoms. The number of thioether (sulfide) groups is 1. The topological polar surface area (TPSA) is 258 Å². The fourth-order valence-corrected chi connectivity index (χ4v) is 3.44. The van der Waals surface area contributed by atoms with Crippen LogP contribution in [-0.2, 0) is 24.0 Å². The molecule has 14 nitrogen and oxygen atoms in total. The molecule has 12 N–H and O–H groups in total. The van der Waals surface area contributed by atoms with Gasteiger partial charge in [0, 0.05) is 18.7 Å². The molecule has 35 heavy (non-hydrogen) atoms. The zero-order chi connectivity index (χ0) is 27.0. The molecular formula is C19H36N8O6S2. The number of guanidine groups is 1. The zero-order valence-corrected chi connectivity index (χ0v) is 21.3. The number of amides is 4. The van der Waals surface area contributed by atoms with Gasteiger partial charge in [0.15, 0.2) is 5.96 Å². The van der Waals surface area contributed by atoms with Crippen molar-refractivity contribution in [3.05, 3.63) is 0 Å². The van der Waals surface area contributed by atoms with Gasteiger partial charge in [-0.2, -0.15) is 24.4 Å². The lowest BCUT2D eigenvalue weighted by atomic mass is 10.1. The Balaban J connectivity index is 5.33. The predicted molar refractivity (Wildman–Crippen MR) is 137 cm³/mol. The van der Waals surface area contributed by atoms with Crippen molar-refractivity contribution in [2.24, 2.45) is 27.9 Å². The van der Waals surface area contributed by atoms with Crippen LogP contribution in [0.1, 0.15) is 32.1 Å². The Morgan fingerprint density at radius 1 is 0.914 bits per heavy atom. The average molecular weight is 537 g/mol. The van der Waals surface area contributed by atoms with E-state index in [-0.39, 0.29) is 43.9 Å². The number of rotatable bonds is 18. The van der Waals surface area contributed by atoms with Gasteiger partial charge in [-0.25, -0.2) is 4.79 Å². The molecule has 0 fully saturated rings. The summed E-state index contributed by atoms with van der Waals surface area (Å²) in [6.45, 7) is 0.182. The van der Waals surface area contributed by atoms with Crippen LogP contribution in [0.25, 0.3) is 0 Å². The van der Waals surface area contributed by atoms with Crippen molar-refractivity contribution in [3.8, 4) is 0 Å². The summed E-state index contributed by atoms with van der Waals surface area (Å²) in [5.41, 5.74) is 21.4. The van der Waals surface area contributed by atoms with Crippen LogP contribution in [0.15, 0.2) is 4.99 Å². The van der Waals surface area contributed by atoms with E-state index in [1.807, 2.05) is 0 Å². The number of nitrogens with two attached hydrogens (primary N) is 4. The molecule has 0 saturated carbocycles. The first kappa shape index (κ1) is 32.3. The molecule has 4 atom stereocenters. The molecule has 0 spiro atoms. The fourth-order valence-electron chi connectivity index (χ4n) is 2.71. The van der Waals surface area contributed by atoms with Gasteiger partial charge in [-0.1, -0.05) is 0 Å². The van der Waals surface area contributed by atoms with Gasteiger partial charge < -0.3 is 44.0 Å². The van der Waals surface area contributed by atoms with Crippen molar-refractivity contribution in [1.82, 2.24) is 16.0 Å². The first-order valence-corrected chi connectivity index (χ1v) is 12.8. The van der Waals surface area contributed by atoms with E-state index in [1.54, 1.807) is 6.26 Å². The minimum atomic E-state index is -1.20. The van der Waals surface area contributed by atoms with Crippen LogP contribution < -0.4 is 38.9 Å². The van der Waals surface area contributed by atoms with Gasteiger partial charge in [-0.3, -0.25) is 24.2 Å². The molecule has 0 radical (unpaired) electrons. The number of aliphatic carboxylic acids is 1. The number of carboxylic acids is 1. The molecule has 200 valence electrons. The van der Waals surface area contributed by atoms with Crippen LogP contribution in [0.4, 0.5) is 0 Å². The lowest BCUT2D eigenvalue weighted by molar-refractivity contribution is -0.142. The van der Waals surface area contributed by atoms with Crippen LogP contribution in [-0.4, -0.2) is 89.1 Å². The van der Waals surface area contributed by atoms with Crippen molar-refractivity contribution < 1.29 is 29.1 Å². The van der Waals surface area contributed by atoms with Gasteiger partial charge >= 0.3 is 5.97 Å². The molecule has 0 saturated heterocycles. The van der Waals surface area contributed by atoms with E-state index >= 15 is 0 Å². The molecular weight excluding hydrogens is 500 g/mol. The molecule has 0 aliphatic rings. The highest BCUT2D eigenvalue weighted by molar-refractivity contribution is 7.98. The van der Waals surface area contributed by atoms with Crippen molar-refractivity contribution in [2.45, 2.75) is 56.3 Å². The Labute approximate surface area is 213 Å². The number of hydrogen-bond acceptors (Lipinski definition) is 9. The number of nitrogens with zero attached hydrogens (tertiary/aromatic N) is 1. The van der Waals surface area contributed by atoms with Gasteiger partial charge in [0.25, 0.3) is 0 Å². The maximum absolute atomic E-state index is 12.9. The third kappa shape index (κ3) is 14.3. The summed E-state index contributed by atoms with van der Waals surface area (Å²) in [7, 11) is 0. The minimum absolute atomic E-state index is 0.0161. The molecule has 0 aliphatic heterocycles. The fraction of sp³-hybridized carbons (Fsp3) is 0.684. The minimum Gasteiger partial charge on any atom is -0.480 e. The number of carbonyl (C=O) groups is 5. The average Bonchev–Trinajstić information content (AvgIpc) is 2.79. The molecule has 0 aliphatic carbocycles.